The average Bonchev–Trinajstić information content (AvgIpc) is 1.75. The molecule has 0 atom stereocenters. The van der Waals surface area contributed by atoms with E-state index in [1.54, 1.807) is 133 Å². The van der Waals surface area contributed by atoms with Crippen LogP contribution in [0.5, 0.6) is 74.7 Å². The average molecular weight is 1790 g/mol. The van der Waals surface area contributed by atoms with Gasteiger partial charge in [-0.05, 0) is 185 Å². The number of rotatable bonds is 24. The van der Waals surface area contributed by atoms with Gasteiger partial charge in [-0.2, -0.15) is 0 Å². The van der Waals surface area contributed by atoms with Crippen molar-refractivity contribution in [2.45, 2.75) is 123 Å². The summed E-state index contributed by atoms with van der Waals surface area (Å²) in [5.74, 6) is 4.45. The summed E-state index contributed by atoms with van der Waals surface area (Å²) in [5.41, 5.74) is 16.6. The van der Waals surface area contributed by atoms with Crippen molar-refractivity contribution >= 4 is 74.7 Å². The number of nitrogens with zero attached hydrogens (tertiary/aromatic N) is 3. The normalized spacial score (nSPS) is 14.3. The third-order valence-electron chi connectivity index (χ3n) is 20.6. The molecule has 0 bridgehead atoms. The number of nitrogens with two attached hydrogens (primary N) is 1. The van der Waals surface area contributed by atoms with Gasteiger partial charge in [0.15, 0.2) is 69.2 Å². The minimum absolute atomic E-state index is 0. The summed E-state index contributed by atoms with van der Waals surface area (Å²) >= 11 is 6.24. The van der Waals surface area contributed by atoms with E-state index in [4.69, 9.17) is 79.3 Å². The number of hydrogen-bond donors (Lipinski definition) is 4. The molecule has 2 radical (unpaired) electrons. The molecule has 5 N–H and O–H groups in total. The predicted octanol–water partition coefficient (Wildman–Crippen LogP) is 20.5. The zero-order chi connectivity index (χ0) is 80.7. The number of nitrogens with one attached hydrogen (secondary N) is 2. The fourth-order valence-electron chi connectivity index (χ4n) is 13.5. The number of allylic oxidation sites excluding steroid dienone is 3. The number of amides is 2. The van der Waals surface area contributed by atoms with Crippen LogP contribution >= 0.6 is 11.6 Å². The molecule has 0 unspecified atom stereocenters. The molecular weight excluding hydrogens is 1700 g/mol. The van der Waals surface area contributed by atoms with Crippen LogP contribution in [-0.2, 0) is 107 Å². The minimum Gasteiger partial charge on any atom is -0.505 e. The van der Waals surface area contributed by atoms with E-state index in [2.05, 4.69) is 25.6 Å². The Morgan fingerprint density at radius 2 is 0.798 bits per heavy atom. The van der Waals surface area contributed by atoms with Crippen LogP contribution < -0.4 is 63.7 Å². The van der Waals surface area contributed by atoms with E-state index < -0.39 is 29.1 Å². The smallest absolute Gasteiger partial charge is 0.408 e. The first kappa shape index (κ1) is 91.1. The van der Waals surface area contributed by atoms with Crippen molar-refractivity contribution in [3.63, 3.8) is 0 Å². The van der Waals surface area contributed by atoms with Crippen molar-refractivity contribution in [2.75, 3.05) is 55.4 Å². The number of carbonyl (C=O) groups is 2. The molecule has 17 rings (SSSR count). The third-order valence-corrected chi connectivity index (χ3v) is 20.9. The molecule has 21 nitrogen and oxygen atoms in total. The van der Waals surface area contributed by atoms with E-state index >= 15 is 8.78 Å². The van der Waals surface area contributed by atoms with Crippen LogP contribution in [0.4, 0.5) is 22.8 Å². The summed E-state index contributed by atoms with van der Waals surface area (Å²) < 4.78 is 111. The van der Waals surface area contributed by atoms with Crippen LogP contribution in [0.1, 0.15) is 119 Å². The van der Waals surface area contributed by atoms with Gasteiger partial charge in [-0.25, -0.2) is 22.8 Å². The molecule has 11 aromatic rings. The predicted molar refractivity (Wildman–Crippen MR) is 446 cm³/mol. The van der Waals surface area contributed by atoms with Crippen LogP contribution in [0.25, 0.3) is 50.9 Å². The number of fused-ring (bicyclic) bond motifs is 6. The zero-order valence-electron chi connectivity index (χ0n) is 65.9. The van der Waals surface area contributed by atoms with E-state index in [9.17, 15) is 14.0 Å². The first-order chi connectivity index (χ1) is 55.5. The number of pyridine rings is 3. The van der Waals surface area contributed by atoms with Crippen molar-refractivity contribution in [1.82, 2.24) is 25.6 Å². The maximum absolute atomic E-state index is 15.2. The SMILES string of the molecule is C.C.CC1=Cc2c(ccc(O)c2F)C1.COc1cc2c(Oc3ccc4c(c3F)C=C(C)C4)ccnc2cc1OCC1(N)CC1.COc1ccc(COC(=O)NC2(COc3cc4nccc(Cl)c4cc3OC)CC2)cc1.COc1ccc(COC(=O)NC2(COc3cc4nccc(Oc5ccc6c(c5F)C=C(C)C6)c4cc3OC)CC2)cc1.[Y].[Y]. The molecule has 616 valence electrons. The molecule has 27 heteroatoms. The molecule has 3 fully saturated rings. The minimum atomic E-state index is -0.521. The Labute approximate surface area is 745 Å². The number of carbonyl (C=O) groups excluding carboxylic acids is 2. The number of alkyl carbamates (subject to hydrolysis) is 2. The number of benzene rings is 8. The van der Waals surface area contributed by atoms with Gasteiger partial charge in [0.25, 0.3) is 0 Å². The molecule has 8 aromatic carbocycles. The number of aromatic nitrogens is 3. The van der Waals surface area contributed by atoms with Gasteiger partial charge in [0, 0.05) is 135 Å². The second kappa shape index (κ2) is 39.8. The van der Waals surface area contributed by atoms with Gasteiger partial charge in [-0.1, -0.05) is 104 Å². The first-order valence-corrected chi connectivity index (χ1v) is 37.8. The molecule has 3 aromatic heterocycles. The summed E-state index contributed by atoms with van der Waals surface area (Å²) in [4.78, 5) is 38.0. The zero-order valence-corrected chi connectivity index (χ0v) is 72.3. The molecule has 119 heavy (non-hydrogen) atoms. The number of phenols is 1. The van der Waals surface area contributed by atoms with E-state index in [0.29, 0.717) is 108 Å². The van der Waals surface area contributed by atoms with Crippen LogP contribution in [0.15, 0.2) is 175 Å². The molecule has 0 spiro atoms. The van der Waals surface area contributed by atoms with Gasteiger partial charge in [0.1, 0.15) is 56.0 Å². The Morgan fingerprint density at radius 3 is 1.18 bits per heavy atom. The van der Waals surface area contributed by atoms with Crippen LogP contribution in [0, 0.1) is 17.5 Å². The summed E-state index contributed by atoms with van der Waals surface area (Å²) in [6, 6.07) is 40.9. The molecule has 3 saturated carbocycles. The summed E-state index contributed by atoms with van der Waals surface area (Å²) in [6.07, 6.45) is 16.8. The second-order valence-electron chi connectivity index (χ2n) is 29.4. The molecule has 6 aliphatic carbocycles. The maximum Gasteiger partial charge on any atom is 0.408 e. The third kappa shape index (κ3) is 22.1. The maximum atomic E-state index is 15.2. The Balaban J connectivity index is 0.000000175. The second-order valence-corrected chi connectivity index (χ2v) is 29.8. The Bertz CT molecular complexity index is 5630. The van der Waals surface area contributed by atoms with Crippen LogP contribution in [0.2, 0.25) is 5.02 Å². The van der Waals surface area contributed by atoms with Crippen molar-refractivity contribution < 1.29 is 150 Å². The van der Waals surface area contributed by atoms with Crippen molar-refractivity contribution in [3.05, 3.63) is 242 Å². The van der Waals surface area contributed by atoms with Gasteiger partial charge in [0.2, 0.25) is 0 Å². The van der Waals surface area contributed by atoms with E-state index in [1.165, 1.54) is 6.07 Å². The van der Waals surface area contributed by atoms with E-state index in [0.717, 1.165) is 119 Å². The van der Waals surface area contributed by atoms with Crippen molar-refractivity contribution in [2.24, 2.45) is 5.73 Å². The number of phenolic OH excluding ortho intramolecular Hbond substituents is 1. The quantitative estimate of drug-likeness (QED) is 0.0438. The molecule has 0 aliphatic heterocycles. The van der Waals surface area contributed by atoms with Gasteiger partial charge >= 0.3 is 12.2 Å². The van der Waals surface area contributed by atoms with Crippen LogP contribution in [0.3, 0.4) is 0 Å². The fourth-order valence-corrected chi connectivity index (χ4v) is 13.7. The number of methoxy groups -OCH3 is 5. The molecule has 6 aliphatic rings. The molecular formula is C92H94ClF3N6O15Y2. The number of ether oxygens (including phenoxy) is 12. The standard InChI is InChI=1S/C33H31FN2O6.C24H23FN2O3.C23H23ClN2O5.C10H9FO.2CH4.2Y/c1-20-14-22-6-9-28(31(34)24(22)15-20)42-27-10-13-35-26-17-30(29(39-3)16-25(26)27)41-19-33(11-12-33)36-32(37)40-18-21-4-7-23(38-2)8-5-21;1-14-9-15-3-4-20(23(25)16(15)10-14)30-19-5-8-27-18-12-22(21(28-2)11-17(18)19)29-13-24(26)6-7-24;1-28-16-5-3-15(4-6-16)13-30-22(27)26-23(8-9-23)14-31-21-12-19-17(11-20(21)29-2)18(24)7-10-25-19;1-6-4-7-2-3-9(12)10(11)8(7)5-6;;;;/h4-10,13,15-17H,11-12,14,18-19H2,1-3H3,(H,36,37);3-5,8,10-12H,6-7,9,13,26H2,1-2H3;3-7,10-12H,8-9,13-14H2,1-2H3,(H,26,27);2-3,5,12H,4H2,1H3;2*1H4;;. The van der Waals surface area contributed by atoms with Gasteiger partial charge in [-0.3, -0.25) is 15.0 Å². The molecule has 3 heterocycles. The number of halogens is 4. The Hall–Kier alpha value is -10.2. The monoisotopic (exact) mass is 1790 g/mol. The van der Waals surface area contributed by atoms with E-state index in [1.807, 2.05) is 93.6 Å². The number of aromatic hydroxyl groups is 1. The van der Waals surface area contributed by atoms with Gasteiger partial charge in [-0.15, -0.1) is 0 Å². The fraction of sp³-hybridized carbons (Fsp3) is 0.293. The van der Waals surface area contributed by atoms with Gasteiger partial charge in [0.05, 0.1) is 73.7 Å². The van der Waals surface area contributed by atoms with Crippen LogP contribution in [-0.4, -0.2) is 104 Å². The summed E-state index contributed by atoms with van der Waals surface area (Å²) in [6.45, 7) is 7.22. The molecule has 2 amide bonds. The topological polar surface area (TPSA) is 254 Å². The number of hydrogen-bond acceptors (Lipinski definition) is 19. The summed E-state index contributed by atoms with van der Waals surface area (Å²) in [7, 11) is 7.90. The van der Waals surface area contributed by atoms with Crippen molar-refractivity contribution in [1.29, 1.82) is 0 Å². The Kier molecular flexibility index (Phi) is 30.5. The largest absolute Gasteiger partial charge is 0.505 e. The Morgan fingerprint density at radius 1 is 0.437 bits per heavy atom. The first-order valence-electron chi connectivity index (χ1n) is 37.4. The van der Waals surface area contributed by atoms with Gasteiger partial charge < -0.3 is 78.3 Å². The summed E-state index contributed by atoms with van der Waals surface area (Å²) in [5, 5.41) is 17.7. The van der Waals surface area contributed by atoms with Crippen molar-refractivity contribution in [3.8, 4) is 74.7 Å². The van der Waals surface area contributed by atoms with E-state index in [-0.39, 0.29) is 135 Å². The molecule has 0 saturated heterocycles.